The molecule has 132 valence electrons. The minimum atomic E-state index is -0.237. The molecule has 5 nitrogen and oxygen atoms in total. The molecular weight excluding hydrogens is 326 g/mol. The van der Waals surface area contributed by atoms with Gasteiger partial charge in [-0.25, -0.2) is 4.98 Å². The second-order valence-electron chi connectivity index (χ2n) is 6.03. The summed E-state index contributed by atoms with van der Waals surface area (Å²) in [7, 11) is 1.63. The molecule has 0 saturated heterocycles. The number of rotatable bonds is 5. The van der Waals surface area contributed by atoms with E-state index in [0.717, 1.165) is 33.9 Å². The van der Waals surface area contributed by atoms with Gasteiger partial charge in [0.15, 0.2) is 0 Å². The van der Waals surface area contributed by atoms with E-state index in [4.69, 9.17) is 4.74 Å². The number of carbonyl (C=O) groups excluding carboxylic acids is 1. The first-order chi connectivity index (χ1) is 12.6. The Hall–Kier alpha value is -3.34. The summed E-state index contributed by atoms with van der Waals surface area (Å²) in [6, 6.07) is 17.0. The van der Waals surface area contributed by atoms with Gasteiger partial charge in [0, 0.05) is 5.69 Å². The largest absolute Gasteiger partial charge is 0.495 e. The molecule has 0 radical (unpaired) electrons. The van der Waals surface area contributed by atoms with Crippen LogP contribution in [-0.2, 0) is 0 Å². The average Bonchev–Trinajstić information content (AvgIpc) is 2.64. The second kappa shape index (κ2) is 7.70. The van der Waals surface area contributed by atoms with Gasteiger partial charge in [-0.1, -0.05) is 24.3 Å². The molecule has 2 aromatic carbocycles. The number of benzene rings is 2. The van der Waals surface area contributed by atoms with Crippen molar-refractivity contribution < 1.29 is 9.53 Å². The number of hydrogen-bond acceptors (Lipinski definition) is 4. The number of aryl methyl sites for hydroxylation is 2. The molecule has 1 heterocycles. The van der Waals surface area contributed by atoms with Crippen molar-refractivity contribution in [2.75, 3.05) is 17.7 Å². The fourth-order valence-corrected chi connectivity index (χ4v) is 2.58. The lowest BCUT2D eigenvalue weighted by Gasteiger charge is -2.12. The highest BCUT2D eigenvalue weighted by Crippen LogP contribution is 2.28. The third-order valence-electron chi connectivity index (χ3n) is 4.02. The van der Waals surface area contributed by atoms with Gasteiger partial charge in [0.05, 0.1) is 24.7 Å². The topological polar surface area (TPSA) is 63.2 Å². The number of nitrogens with one attached hydrogen (secondary N) is 2. The van der Waals surface area contributed by atoms with E-state index in [1.165, 1.54) is 0 Å². The van der Waals surface area contributed by atoms with Crippen LogP contribution < -0.4 is 15.4 Å². The Bertz CT molecular complexity index is 921. The molecule has 3 rings (SSSR count). The second-order valence-corrected chi connectivity index (χ2v) is 6.03. The molecule has 0 fully saturated rings. The summed E-state index contributed by atoms with van der Waals surface area (Å²) in [6.45, 7) is 3.97. The first kappa shape index (κ1) is 17.5. The fraction of sp³-hybridized carbons (Fsp3) is 0.143. The molecule has 2 N–H and O–H groups in total. The van der Waals surface area contributed by atoms with Gasteiger partial charge in [-0.15, -0.1) is 0 Å². The predicted molar refractivity (Wildman–Crippen MR) is 104 cm³/mol. The van der Waals surface area contributed by atoms with Crippen LogP contribution in [0, 0.1) is 13.8 Å². The summed E-state index contributed by atoms with van der Waals surface area (Å²) in [5, 5.41) is 6.15. The van der Waals surface area contributed by atoms with E-state index in [1.54, 1.807) is 19.4 Å². The van der Waals surface area contributed by atoms with Gasteiger partial charge in [0.2, 0.25) is 0 Å². The van der Waals surface area contributed by atoms with Crippen molar-refractivity contribution in [3.63, 3.8) is 0 Å². The number of hydrogen-bond donors (Lipinski definition) is 2. The van der Waals surface area contributed by atoms with E-state index >= 15 is 0 Å². The van der Waals surface area contributed by atoms with Crippen LogP contribution in [0.15, 0.2) is 60.8 Å². The van der Waals surface area contributed by atoms with E-state index in [1.807, 2.05) is 62.4 Å². The maximum Gasteiger partial charge on any atom is 0.274 e. The minimum Gasteiger partial charge on any atom is -0.495 e. The van der Waals surface area contributed by atoms with Crippen molar-refractivity contribution in [1.82, 2.24) is 4.98 Å². The third-order valence-corrected chi connectivity index (χ3v) is 4.02. The molecule has 0 unspecified atom stereocenters. The molecule has 0 aliphatic rings. The standard InChI is InChI=1S/C21H21N3O2/c1-14-8-11-20(26-3)19(12-14)23-16-9-10-18(22-13-16)21(25)24-17-7-5-4-6-15(17)2/h4-13,23H,1-3H3,(H,24,25). The highest BCUT2D eigenvalue weighted by Gasteiger charge is 2.10. The number of anilines is 3. The number of para-hydroxylation sites is 1. The van der Waals surface area contributed by atoms with Crippen LogP contribution >= 0.6 is 0 Å². The Morgan fingerprint density at radius 2 is 1.81 bits per heavy atom. The monoisotopic (exact) mass is 347 g/mol. The Balaban J connectivity index is 1.73. The van der Waals surface area contributed by atoms with Crippen LogP contribution in [0.4, 0.5) is 17.1 Å². The van der Waals surface area contributed by atoms with Crippen LogP contribution in [0.2, 0.25) is 0 Å². The summed E-state index contributed by atoms with van der Waals surface area (Å²) in [5.74, 6) is 0.510. The Kier molecular flexibility index (Phi) is 5.17. The van der Waals surface area contributed by atoms with Crippen LogP contribution in [0.25, 0.3) is 0 Å². The van der Waals surface area contributed by atoms with Crippen LogP contribution in [-0.4, -0.2) is 18.0 Å². The molecule has 3 aromatic rings. The first-order valence-electron chi connectivity index (χ1n) is 8.31. The Labute approximate surface area is 153 Å². The quantitative estimate of drug-likeness (QED) is 0.702. The van der Waals surface area contributed by atoms with Crippen molar-refractivity contribution in [3.8, 4) is 5.75 Å². The Morgan fingerprint density at radius 1 is 1.00 bits per heavy atom. The van der Waals surface area contributed by atoms with E-state index in [-0.39, 0.29) is 5.91 Å². The molecule has 0 atom stereocenters. The Morgan fingerprint density at radius 3 is 2.50 bits per heavy atom. The van der Waals surface area contributed by atoms with Gasteiger partial charge in [0.1, 0.15) is 11.4 Å². The van der Waals surface area contributed by atoms with Crippen molar-refractivity contribution in [1.29, 1.82) is 0 Å². The molecule has 0 bridgehead atoms. The van der Waals surface area contributed by atoms with Crippen molar-refractivity contribution in [3.05, 3.63) is 77.6 Å². The van der Waals surface area contributed by atoms with Crippen LogP contribution in [0.5, 0.6) is 5.75 Å². The van der Waals surface area contributed by atoms with E-state index in [2.05, 4.69) is 15.6 Å². The van der Waals surface area contributed by atoms with E-state index in [9.17, 15) is 4.79 Å². The molecular formula is C21H21N3O2. The molecule has 1 aromatic heterocycles. The molecule has 5 heteroatoms. The molecule has 0 saturated carbocycles. The molecule has 1 amide bonds. The van der Waals surface area contributed by atoms with Crippen molar-refractivity contribution >= 4 is 23.0 Å². The molecule has 26 heavy (non-hydrogen) atoms. The number of methoxy groups -OCH3 is 1. The zero-order valence-corrected chi connectivity index (χ0v) is 15.0. The number of pyridine rings is 1. The van der Waals surface area contributed by atoms with Gasteiger partial charge in [-0.2, -0.15) is 0 Å². The zero-order valence-electron chi connectivity index (χ0n) is 15.0. The summed E-state index contributed by atoms with van der Waals surface area (Å²) < 4.78 is 5.37. The number of aromatic nitrogens is 1. The highest BCUT2D eigenvalue weighted by molar-refractivity contribution is 6.03. The normalized spacial score (nSPS) is 10.3. The summed E-state index contributed by atoms with van der Waals surface area (Å²) in [6.07, 6.45) is 1.63. The number of ether oxygens (including phenoxy) is 1. The predicted octanol–water partition coefficient (Wildman–Crippen LogP) is 4.70. The average molecular weight is 347 g/mol. The summed E-state index contributed by atoms with van der Waals surface area (Å²) in [5.41, 5.74) is 4.90. The minimum absolute atomic E-state index is 0.237. The van der Waals surface area contributed by atoms with Gasteiger partial charge in [-0.05, 0) is 55.3 Å². The SMILES string of the molecule is COc1ccc(C)cc1Nc1ccc(C(=O)Nc2ccccc2C)nc1. The molecule has 0 aliphatic heterocycles. The zero-order chi connectivity index (χ0) is 18.5. The summed E-state index contributed by atoms with van der Waals surface area (Å²) in [4.78, 5) is 16.6. The molecule has 0 aliphatic carbocycles. The van der Waals surface area contributed by atoms with Gasteiger partial charge in [-0.3, -0.25) is 4.79 Å². The fourth-order valence-electron chi connectivity index (χ4n) is 2.58. The highest BCUT2D eigenvalue weighted by atomic mass is 16.5. The lowest BCUT2D eigenvalue weighted by molar-refractivity contribution is 0.102. The molecule has 0 spiro atoms. The van der Waals surface area contributed by atoms with E-state index < -0.39 is 0 Å². The third kappa shape index (κ3) is 4.00. The maximum absolute atomic E-state index is 12.4. The van der Waals surface area contributed by atoms with Crippen molar-refractivity contribution in [2.24, 2.45) is 0 Å². The van der Waals surface area contributed by atoms with Gasteiger partial charge < -0.3 is 15.4 Å². The number of amides is 1. The van der Waals surface area contributed by atoms with Gasteiger partial charge >= 0.3 is 0 Å². The van der Waals surface area contributed by atoms with Gasteiger partial charge in [0.25, 0.3) is 5.91 Å². The van der Waals surface area contributed by atoms with Crippen LogP contribution in [0.1, 0.15) is 21.6 Å². The smallest absolute Gasteiger partial charge is 0.274 e. The maximum atomic E-state index is 12.4. The lowest BCUT2D eigenvalue weighted by Crippen LogP contribution is -2.14. The number of nitrogens with zero attached hydrogens (tertiary/aromatic N) is 1. The lowest BCUT2D eigenvalue weighted by atomic mass is 10.2. The van der Waals surface area contributed by atoms with Crippen LogP contribution in [0.3, 0.4) is 0 Å². The van der Waals surface area contributed by atoms with Crippen molar-refractivity contribution in [2.45, 2.75) is 13.8 Å². The van der Waals surface area contributed by atoms with E-state index in [0.29, 0.717) is 5.69 Å². The first-order valence-corrected chi connectivity index (χ1v) is 8.31. The summed E-state index contributed by atoms with van der Waals surface area (Å²) >= 11 is 0. The number of carbonyl (C=O) groups is 1.